The molecule has 0 bridgehead atoms. The van der Waals surface area contributed by atoms with Crippen LogP contribution in [0.25, 0.3) is 22.5 Å². The summed E-state index contributed by atoms with van der Waals surface area (Å²) in [5.74, 6) is 1.52. The molecule has 0 atom stereocenters. The van der Waals surface area contributed by atoms with Crippen molar-refractivity contribution >= 4 is 11.8 Å². The Labute approximate surface area is 157 Å². The van der Waals surface area contributed by atoms with Gasteiger partial charge in [-0.1, -0.05) is 0 Å². The van der Waals surface area contributed by atoms with Gasteiger partial charge in [0, 0.05) is 41.8 Å². The number of nitrogens with two attached hydrogens (primary N) is 1. The monoisotopic (exact) mass is 365 g/mol. The first-order chi connectivity index (χ1) is 13.0. The molecule has 27 heavy (non-hydrogen) atoms. The minimum absolute atomic E-state index is 0.215. The van der Waals surface area contributed by atoms with Crippen molar-refractivity contribution in [3.8, 4) is 28.3 Å². The first kappa shape index (κ1) is 17.3. The minimum Gasteiger partial charge on any atom is -0.493 e. The van der Waals surface area contributed by atoms with Gasteiger partial charge in [-0.05, 0) is 38.8 Å². The Kier molecular flexibility index (Phi) is 4.39. The fourth-order valence-corrected chi connectivity index (χ4v) is 2.79. The predicted octanol–water partition coefficient (Wildman–Crippen LogP) is 3.15. The molecular formula is C19H23N7O. The molecule has 0 aliphatic heterocycles. The third kappa shape index (κ3) is 3.55. The van der Waals surface area contributed by atoms with Gasteiger partial charge in [-0.3, -0.25) is 4.68 Å². The van der Waals surface area contributed by atoms with Gasteiger partial charge >= 0.3 is 0 Å². The highest BCUT2D eigenvalue weighted by Gasteiger charge is 2.23. The van der Waals surface area contributed by atoms with Crippen molar-refractivity contribution in [3.63, 3.8) is 0 Å². The van der Waals surface area contributed by atoms with E-state index < -0.39 is 0 Å². The maximum atomic E-state index is 5.86. The largest absolute Gasteiger partial charge is 0.493 e. The lowest BCUT2D eigenvalue weighted by atomic mass is 10.1. The van der Waals surface area contributed by atoms with E-state index in [4.69, 9.17) is 20.6 Å². The van der Waals surface area contributed by atoms with Gasteiger partial charge in [-0.25, -0.2) is 15.0 Å². The molecule has 1 fully saturated rings. The molecule has 1 saturated carbocycles. The Morgan fingerprint density at radius 1 is 1.30 bits per heavy atom. The Morgan fingerprint density at radius 3 is 2.81 bits per heavy atom. The molecule has 3 heterocycles. The van der Waals surface area contributed by atoms with E-state index in [2.05, 4.69) is 29.1 Å². The summed E-state index contributed by atoms with van der Waals surface area (Å²) in [6, 6.07) is 4.45. The summed E-state index contributed by atoms with van der Waals surface area (Å²) >= 11 is 0. The molecule has 4 rings (SSSR count). The van der Waals surface area contributed by atoms with E-state index in [9.17, 15) is 0 Å². The van der Waals surface area contributed by atoms with Crippen LogP contribution in [-0.4, -0.2) is 37.9 Å². The number of methoxy groups -OCH3 is 1. The van der Waals surface area contributed by atoms with Crippen LogP contribution in [0.15, 0.2) is 30.7 Å². The second kappa shape index (κ2) is 6.86. The van der Waals surface area contributed by atoms with Crippen LogP contribution in [0.1, 0.15) is 32.7 Å². The molecule has 8 nitrogen and oxygen atoms in total. The second-order valence-corrected chi connectivity index (χ2v) is 6.96. The van der Waals surface area contributed by atoms with Crippen molar-refractivity contribution in [1.82, 2.24) is 24.7 Å². The maximum Gasteiger partial charge on any atom is 0.223 e. The predicted molar refractivity (Wildman–Crippen MR) is 104 cm³/mol. The first-order valence-corrected chi connectivity index (χ1v) is 9.04. The molecule has 0 radical (unpaired) electrons. The Morgan fingerprint density at radius 2 is 2.11 bits per heavy atom. The zero-order chi connectivity index (χ0) is 19.0. The molecule has 0 spiro atoms. The zero-order valence-electron chi connectivity index (χ0n) is 15.7. The number of aromatic nitrogens is 5. The van der Waals surface area contributed by atoms with E-state index in [1.54, 1.807) is 19.5 Å². The minimum atomic E-state index is 0.215. The first-order valence-electron chi connectivity index (χ1n) is 9.04. The standard InChI is InChI=1S/C19H23N7O/c1-11(2)26-10-14(15-6-7-21-19(24-15)23-13-4-5-13)17(25-26)12-8-16(27-3)18(20)22-9-12/h6-11,13H,4-5H2,1-3H3,(H2,20,22)(H,21,23,24). The lowest BCUT2D eigenvalue weighted by Gasteiger charge is -2.08. The second-order valence-electron chi connectivity index (χ2n) is 6.96. The molecule has 3 aromatic rings. The number of rotatable bonds is 6. The molecule has 0 amide bonds. The molecule has 0 saturated heterocycles. The highest BCUT2D eigenvalue weighted by atomic mass is 16.5. The summed E-state index contributed by atoms with van der Waals surface area (Å²) < 4.78 is 7.24. The van der Waals surface area contributed by atoms with Crippen LogP contribution >= 0.6 is 0 Å². The molecule has 1 aliphatic rings. The highest BCUT2D eigenvalue weighted by molar-refractivity contribution is 5.79. The highest BCUT2D eigenvalue weighted by Crippen LogP contribution is 2.34. The fraction of sp³-hybridized carbons (Fsp3) is 0.368. The lowest BCUT2D eigenvalue weighted by molar-refractivity contribution is 0.415. The molecule has 0 aromatic carbocycles. The normalized spacial score (nSPS) is 13.8. The van der Waals surface area contributed by atoms with E-state index >= 15 is 0 Å². The van der Waals surface area contributed by atoms with Gasteiger partial charge < -0.3 is 15.8 Å². The summed E-state index contributed by atoms with van der Waals surface area (Å²) in [6.45, 7) is 4.17. The van der Waals surface area contributed by atoms with E-state index in [1.807, 2.05) is 23.0 Å². The summed E-state index contributed by atoms with van der Waals surface area (Å²) in [5.41, 5.74) is 9.20. The van der Waals surface area contributed by atoms with Gasteiger partial charge in [-0.2, -0.15) is 5.10 Å². The van der Waals surface area contributed by atoms with Crippen molar-refractivity contribution in [2.75, 3.05) is 18.2 Å². The Hall–Kier alpha value is -3.16. The Balaban J connectivity index is 1.80. The number of hydrogen-bond acceptors (Lipinski definition) is 7. The number of pyridine rings is 1. The molecular weight excluding hydrogens is 342 g/mol. The maximum absolute atomic E-state index is 5.86. The molecule has 0 unspecified atom stereocenters. The van der Waals surface area contributed by atoms with E-state index in [1.165, 1.54) is 12.8 Å². The fourth-order valence-electron chi connectivity index (χ4n) is 2.79. The van der Waals surface area contributed by atoms with Gasteiger partial charge in [0.05, 0.1) is 12.8 Å². The van der Waals surface area contributed by atoms with Crippen molar-refractivity contribution < 1.29 is 4.74 Å². The van der Waals surface area contributed by atoms with Crippen LogP contribution in [0, 0.1) is 0 Å². The van der Waals surface area contributed by atoms with Crippen molar-refractivity contribution in [2.24, 2.45) is 0 Å². The number of ether oxygens (including phenoxy) is 1. The molecule has 1 aliphatic carbocycles. The van der Waals surface area contributed by atoms with Crippen LogP contribution in [0.5, 0.6) is 5.75 Å². The van der Waals surface area contributed by atoms with Gasteiger partial charge in [-0.15, -0.1) is 0 Å². The average Bonchev–Trinajstić information content (AvgIpc) is 3.36. The van der Waals surface area contributed by atoms with Gasteiger partial charge in [0.2, 0.25) is 5.95 Å². The SMILES string of the molecule is COc1cc(-c2nn(C(C)C)cc2-c2ccnc(NC3CC3)n2)cnc1N. The van der Waals surface area contributed by atoms with Crippen LogP contribution in [0.4, 0.5) is 11.8 Å². The van der Waals surface area contributed by atoms with Crippen LogP contribution in [-0.2, 0) is 0 Å². The summed E-state index contributed by atoms with van der Waals surface area (Å²) in [7, 11) is 1.57. The lowest BCUT2D eigenvalue weighted by Crippen LogP contribution is -2.05. The van der Waals surface area contributed by atoms with E-state index in [0.29, 0.717) is 23.6 Å². The summed E-state index contributed by atoms with van der Waals surface area (Å²) in [5, 5.41) is 8.11. The number of nitrogens with one attached hydrogen (secondary N) is 1. The van der Waals surface area contributed by atoms with Gasteiger partial charge in [0.15, 0.2) is 11.6 Å². The van der Waals surface area contributed by atoms with Gasteiger partial charge in [0.25, 0.3) is 0 Å². The zero-order valence-corrected chi connectivity index (χ0v) is 15.7. The van der Waals surface area contributed by atoms with Crippen molar-refractivity contribution in [3.05, 3.63) is 30.7 Å². The number of nitrogens with zero attached hydrogens (tertiary/aromatic N) is 5. The topological polar surface area (TPSA) is 104 Å². The van der Waals surface area contributed by atoms with Crippen molar-refractivity contribution in [1.29, 1.82) is 0 Å². The van der Waals surface area contributed by atoms with Crippen LogP contribution in [0.2, 0.25) is 0 Å². The number of anilines is 2. The van der Waals surface area contributed by atoms with E-state index in [-0.39, 0.29) is 6.04 Å². The van der Waals surface area contributed by atoms with Crippen molar-refractivity contribution in [2.45, 2.75) is 38.8 Å². The molecule has 3 N–H and O–H groups in total. The Bertz CT molecular complexity index is 962. The van der Waals surface area contributed by atoms with Crippen LogP contribution in [0.3, 0.4) is 0 Å². The average molecular weight is 365 g/mol. The van der Waals surface area contributed by atoms with E-state index in [0.717, 1.165) is 22.5 Å². The quantitative estimate of drug-likeness (QED) is 0.691. The third-order valence-electron chi connectivity index (χ3n) is 4.48. The molecule has 8 heteroatoms. The number of nitrogen functional groups attached to an aromatic ring is 1. The number of hydrogen-bond donors (Lipinski definition) is 2. The summed E-state index contributed by atoms with van der Waals surface area (Å²) in [4.78, 5) is 13.3. The smallest absolute Gasteiger partial charge is 0.223 e. The molecule has 3 aromatic heterocycles. The third-order valence-corrected chi connectivity index (χ3v) is 4.48. The molecule has 140 valence electrons. The van der Waals surface area contributed by atoms with Crippen LogP contribution < -0.4 is 15.8 Å². The summed E-state index contributed by atoms with van der Waals surface area (Å²) in [6.07, 6.45) is 7.82. The van der Waals surface area contributed by atoms with Gasteiger partial charge in [0.1, 0.15) is 5.69 Å².